The molecule has 0 aliphatic heterocycles. The molecule has 2 unspecified atom stereocenters. The number of methoxy groups -OCH3 is 2. The van der Waals surface area contributed by atoms with E-state index >= 15 is 0 Å². The number of aliphatic hydroxyl groups excluding tert-OH is 1. The third-order valence-corrected chi connectivity index (χ3v) is 3.40. The molecule has 0 bridgehead atoms. The molecule has 2 N–H and O–H groups in total. The molecule has 0 aromatic heterocycles. The number of benzene rings is 1. The number of aryl methyl sites for hydroxylation is 1. The Morgan fingerprint density at radius 1 is 1.29 bits per heavy atom. The summed E-state index contributed by atoms with van der Waals surface area (Å²) in [5.41, 5.74) is 1.98. The lowest BCUT2D eigenvalue weighted by atomic mass is 9.97. The minimum absolute atomic E-state index is 0.220. The van der Waals surface area contributed by atoms with Crippen LogP contribution in [0.4, 0.5) is 0 Å². The van der Waals surface area contributed by atoms with Gasteiger partial charge < -0.3 is 19.9 Å². The van der Waals surface area contributed by atoms with Crippen molar-refractivity contribution in [2.45, 2.75) is 31.9 Å². The summed E-state index contributed by atoms with van der Waals surface area (Å²) in [5.74, 6) is -0.273. The maximum absolute atomic E-state index is 11.3. The van der Waals surface area contributed by atoms with Gasteiger partial charge in [0.1, 0.15) is 0 Å². The van der Waals surface area contributed by atoms with Crippen molar-refractivity contribution >= 4 is 5.97 Å². The predicted octanol–water partition coefficient (Wildman–Crippen LogP) is 1.59. The second kappa shape index (κ2) is 9.50. The molecule has 0 saturated carbocycles. The number of carbonyl (C=O) groups is 1. The average Bonchev–Trinajstić information content (AvgIpc) is 2.50. The molecular weight excluding hydrogens is 270 g/mol. The van der Waals surface area contributed by atoms with E-state index in [2.05, 4.69) is 10.1 Å². The van der Waals surface area contributed by atoms with Crippen LogP contribution in [0.5, 0.6) is 0 Å². The van der Waals surface area contributed by atoms with E-state index in [4.69, 9.17) is 4.74 Å². The number of nitrogens with one attached hydrogen (secondary N) is 1. The van der Waals surface area contributed by atoms with Gasteiger partial charge in [-0.05, 0) is 18.9 Å². The van der Waals surface area contributed by atoms with Crippen molar-refractivity contribution in [2.24, 2.45) is 0 Å². The molecule has 0 aliphatic rings. The second-order valence-corrected chi connectivity index (χ2v) is 5.02. The third kappa shape index (κ3) is 6.25. The Morgan fingerprint density at radius 3 is 2.52 bits per heavy atom. The van der Waals surface area contributed by atoms with Gasteiger partial charge in [0.2, 0.25) is 0 Å². The molecule has 0 saturated heterocycles. The van der Waals surface area contributed by atoms with Crippen molar-refractivity contribution < 1.29 is 19.4 Å². The highest BCUT2D eigenvalue weighted by molar-refractivity contribution is 5.69. The van der Waals surface area contributed by atoms with Gasteiger partial charge in [0.25, 0.3) is 0 Å². The van der Waals surface area contributed by atoms with Crippen LogP contribution in [0.1, 0.15) is 30.1 Å². The van der Waals surface area contributed by atoms with E-state index < -0.39 is 6.10 Å². The Morgan fingerprint density at radius 2 is 1.95 bits per heavy atom. The van der Waals surface area contributed by atoms with Crippen molar-refractivity contribution in [3.63, 3.8) is 0 Å². The molecule has 0 radical (unpaired) electrons. The van der Waals surface area contributed by atoms with Crippen molar-refractivity contribution in [3.8, 4) is 0 Å². The maximum atomic E-state index is 11.3. The number of hydrogen-bond acceptors (Lipinski definition) is 5. The fraction of sp³-hybridized carbons (Fsp3) is 0.562. The van der Waals surface area contributed by atoms with Gasteiger partial charge >= 0.3 is 5.97 Å². The van der Waals surface area contributed by atoms with E-state index in [1.807, 2.05) is 31.2 Å². The van der Waals surface area contributed by atoms with E-state index in [0.717, 1.165) is 11.1 Å². The van der Waals surface area contributed by atoms with Crippen molar-refractivity contribution in [1.29, 1.82) is 0 Å². The largest absolute Gasteiger partial charge is 0.469 e. The summed E-state index contributed by atoms with van der Waals surface area (Å²) in [6.45, 7) is 3.17. The van der Waals surface area contributed by atoms with Crippen LogP contribution in [0, 0.1) is 6.92 Å². The normalized spacial score (nSPS) is 13.7. The number of rotatable bonds is 9. The van der Waals surface area contributed by atoms with Gasteiger partial charge in [0.05, 0.1) is 19.8 Å². The van der Waals surface area contributed by atoms with Gasteiger partial charge in [0.15, 0.2) is 0 Å². The highest BCUT2D eigenvalue weighted by Gasteiger charge is 2.21. The zero-order valence-electron chi connectivity index (χ0n) is 13.0. The summed E-state index contributed by atoms with van der Waals surface area (Å²) in [6.07, 6.45) is 0.0993. The van der Waals surface area contributed by atoms with Crippen LogP contribution in [0.3, 0.4) is 0 Å². The van der Waals surface area contributed by atoms with Gasteiger partial charge in [-0.2, -0.15) is 0 Å². The van der Waals surface area contributed by atoms with Gasteiger partial charge in [-0.3, -0.25) is 4.79 Å². The summed E-state index contributed by atoms with van der Waals surface area (Å²) in [5, 5.41) is 13.7. The van der Waals surface area contributed by atoms with Crippen LogP contribution in [0.15, 0.2) is 24.3 Å². The Bertz CT molecular complexity index is 419. The fourth-order valence-corrected chi connectivity index (χ4v) is 2.09. The third-order valence-electron chi connectivity index (χ3n) is 3.40. The van der Waals surface area contributed by atoms with Crippen molar-refractivity contribution in [3.05, 3.63) is 35.4 Å². The minimum Gasteiger partial charge on any atom is -0.469 e. The van der Waals surface area contributed by atoms with E-state index in [9.17, 15) is 9.90 Å². The molecule has 0 heterocycles. The molecule has 0 fully saturated rings. The number of ether oxygens (including phenoxy) is 2. The second-order valence-electron chi connectivity index (χ2n) is 5.02. The lowest BCUT2D eigenvalue weighted by Gasteiger charge is -2.24. The lowest BCUT2D eigenvalue weighted by Crippen LogP contribution is -2.37. The van der Waals surface area contributed by atoms with E-state index in [-0.39, 0.29) is 18.4 Å². The monoisotopic (exact) mass is 295 g/mol. The van der Waals surface area contributed by atoms with Crippen LogP contribution >= 0.6 is 0 Å². The van der Waals surface area contributed by atoms with Gasteiger partial charge in [0, 0.05) is 26.1 Å². The minimum atomic E-state index is -0.674. The molecule has 2 atom stereocenters. The molecule has 5 nitrogen and oxygen atoms in total. The van der Waals surface area contributed by atoms with E-state index in [0.29, 0.717) is 19.6 Å². The Labute approximate surface area is 126 Å². The molecule has 1 aromatic rings. The summed E-state index contributed by atoms with van der Waals surface area (Å²) in [7, 11) is 2.99. The van der Waals surface area contributed by atoms with Gasteiger partial charge in [-0.25, -0.2) is 0 Å². The topological polar surface area (TPSA) is 67.8 Å². The Balaban J connectivity index is 2.68. The molecule has 21 heavy (non-hydrogen) atoms. The number of esters is 1. The van der Waals surface area contributed by atoms with Gasteiger partial charge in [-0.1, -0.05) is 29.8 Å². The predicted molar refractivity (Wildman–Crippen MR) is 81.1 cm³/mol. The average molecular weight is 295 g/mol. The standard InChI is InChI=1S/C16H25NO4/c1-12-4-6-13(7-5-12)16(19)14(17-10-11-20-2)8-9-15(18)21-3/h4-7,14,16-17,19H,8-11H2,1-3H3. The molecular formula is C16H25NO4. The van der Waals surface area contributed by atoms with Crippen LogP contribution in [-0.4, -0.2) is 44.5 Å². The summed E-state index contributed by atoms with van der Waals surface area (Å²) in [4.78, 5) is 11.3. The molecule has 0 aliphatic carbocycles. The quantitative estimate of drug-likeness (QED) is 0.535. The van der Waals surface area contributed by atoms with Crippen LogP contribution < -0.4 is 5.32 Å². The highest BCUT2D eigenvalue weighted by atomic mass is 16.5. The summed E-state index contributed by atoms with van der Waals surface area (Å²) in [6, 6.07) is 7.52. The number of hydrogen-bond donors (Lipinski definition) is 2. The molecule has 1 rings (SSSR count). The Kier molecular flexibility index (Phi) is 7.97. The molecule has 0 spiro atoms. The SMILES string of the molecule is COCCNC(CCC(=O)OC)C(O)c1ccc(C)cc1. The maximum Gasteiger partial charge on any atom is 0.305 e. The number of carbonyl (C=O) groups excluding carboxylic acids is 1. The molecule has 118 valence electrons. The summed E-state index contributed by atoms with van der Waals surface area (Å²) >= 11 is 0. The zero-order chi connectivity index (χ0) is 15.7. The highest BCUT2D eigenvalue weighted by Crippen LogP contribution is 2.20. The van der Waals surface area contributed by atoms with Crippen LogP contribution in [-0.2, 0) is 14.3 Å². The number of aliphatic hydroxyl groups is 1. The first-order valence-corrected chi connectivity index (χ1v) is 7.12. The van der Waals surface area contributed by atoms with Crippen molar-refractivity contribution in [1.82, 2.24) is 5.32 Å². The Hall–Kier alpha value is -1.43. The molecule has 0 amide bonds. The van der Waals surface area contributed by atoms with Gasteiger partial charge in [-0.15, -0.1) is 0 Å². The van der Waals surface area contributed by atoms with E-state index in [1.165, 1.54) is 7.11 Å². The van der Waals surface area contributed by atoms with Crippen LogP contribution in [0.2, 0.25) is 0 Å². The first-order chi connectivity index (χ1) is 10.1. The first-order valence-electron chi connectivity index (χ1n) is 7.12. The molecule has 1 aromatic carbocycles. The fourth-order valence-electron chi connectivity index (χ4n) is 2.09. The first kappa shape index (κ1) is 17.6. The van der Waals surface area contributed by atoms with Crippen molar-refractivity contribution in [2.75, 3.05) is 27.4 Å². The smallest absolute Gasteiger partial charge is 0.305 e. The van der Waals surface area contributed by atoms with E-state index in [1.54, 1.807) is 7.11 Å². The lowest BCUT2D eigenvalue weighted by molar-refractivity contribution is -0.141. The molecule has 5 heteroatoms. The zero-order valence-corrected chi connectivity index (χ0v) is 13.0. The van der Waals surface area contributed by atoms with Crippen LogP contribution in [0.25, 0.3) is 0 Å². The summed E-state index contributed by atoms with van der Waals surface area (Å²) < 4.78 is 9.66.